The van der Waals surface area contributed by atoms with E-state index in [-0.39, 0.29) is 12.2 Å². The lowest BCUT2D eigenvalue weighted by atomic mass is 9.56. The summed E-state index contributed by atoms with van der Waals surface area (Å²) >= 11 is 0. The van der Waals surface area contributed by atoms with Gasteiger partial charge in [-0.05, 0) is 105 Å². The molecule has 3 aliphatic carbocycles. The Labute approximate surface area is 151 Å². The number of benzene rings is 1. The highest BCUT2D eigenvalue weighted by Crippen LogP contribution is 2.58. The number of aryl methyl sites for hydroxylation is 1. The molecular weight excluding hydrogens is 312 g/mol. The zero-order chi connectivity index (χ0) is 17.6. The molecule has 0 aromatic heterocycles. The van der Waals surface area contributed by atoms with Crippen molar-refractivity contribution >= 4 is 0 Å². The topological polar surface area (TPSA) is 49.7 Å². The maximum atomic E-state index is 10.5. The van der Waals surface area contributed by atoms with Crippen LogP contribution in [0.2, 0.25) is 0 Å². The van der Waals surface area contributed by atoms with Crippen molar-refractivity contribution in [3.05, 3.63) is 29.3 Å². The van der Waals surface area contributed by atoms with Gasteiger partial charge in [-0.1, -0.05) is 6.07 Å². The van der Waals surface area contributed by atoms with Crippen molar-refractivity contribution in [2.45, 2.75) is 70.5 Å². The minimum absolute atomic E-state index is 0.0966. The molecule has 6 atom stereocenters. The first-order valence-corrected chi connectivity index (χ1v) is 10.2. The Morgan fingerprint density at radius 3 is 2.76 bits per heavy atom. The third-order valence-corrected chi connectivity index (χ3v) is 7.11. The summed E-state index contributed by atoms with van der Waals surface area (Å²) in [6, 6.07) is 6.00. The Kier molecular flexibility index (Phi) is 4.81. The molecule has 2 N–H and O–H groups in total. The van der Waals surface area contributed by atoms with Gasteiger partial charge in [0.1, 0.15) is 5.75 Å². The van der Waals surface area contributed by atoms with Crippen molar-refractivity contribution < 1.29 is 14.9 Å². The van der Waals surface area contributed by atoms with E-state index < -0.39 is 0 Å². The Hall–Kier alpha value is -1.06. The van der Waals surface area contributed by atoms with E-state index in [1.807, 2.05) is 12.1 Å². The van der Waals surface area contributed by atoms with Gasteiger partial charge >= 0.3 is 0 Å². The number of aromatic hydroxyl groups is 1. The molecule has 4 rings (SSSR count). The van der Waals surface area contributed by atoms with Crippen molar-refractivity contribution in [3.8, 4) is 5.75 Å². The van der Waals surface area contributed by atoms with Crippen molar-refractivity contribution in [1.82, 2.24) is 0 Å². The second-order valence-corrected chi connectivity index (χ2v) is 8.79. The second kappa shape index (κ2) is 6.92. The summed E-state index contributed by atoms with van der Waals surface area (Å²) in [5.74, 6) is 3.42. The van der Waals surface area contributed by atoms with Gasteiger partial charge in [0.05, 0.1) is 12.2 Å². The number of hydrogen-bond acceptors (Lipinski definition) is 3. The summed E-state index contributed by atoms with van der Waals surface area (Å²) in [4.78, 5) is 0. The van der Waals surface area contributed by atoms with Crippen LogP contribution < -0.4 is 0 Å². The molecule has 0 amide bonds. The van der Waals surface area contributed by atoms with Crippen LogP contribution in [0.15, 0.2) is 18.2 Å². The number of aliphatic hydroxyl groups is 1. The lowest BCUT2D eigenvalue weighted by molar-refractivity contribution is 0.00489. The lowest BCUT2D eigenvalue weighted by Crippen LogP contribution is -2.42. The smallest absolute Gasteiger partial charge is 0.115 e. The zero-order valence-electron chi connectivity index (χ0n) is 15.5. The van der Waals surface area contributed by atoms with E-state index in [9.17, 15) is 10.2 Å². The summed E-state index contributed by atoms with van der Waals surface area (Å²) in [6.07, 6.45) is 6.84. The van der Waals surface area contributed by atoms with Gasteiger partial charge in [-0.15, -0.1) is 0 Å². The van der Waals surface area contributed by atoms with E-state index >= 15 is 0 Å². The second-order valence-electron chi connectivity index (χ2n) is 8.79. The van der Waals surface area contributed by atoms with Crippen LogP contribution in [-0.2, 0) is 11.2 Å². The minimum atomic E-state index is -0.0966. The molecule has 2 fully saturated rings. The molecular formula is C22H32O3. The van der Waals surface area contributed by atoms with Gasteiger partial charge in [-0.2, -0.15) is 0 Å². The van der Waals surface area contributed by atoms with Gasteiger partial charge < -0.3 is 14.9 Å². The number of phenols is 1. The molecule has 1 aromatic rings. The summed E-state index contributed by atoms with van der Waals surface area (Å²) in [7, 11) is 0. The Balaban J connectivity index is 1.63. The van der Waals surface area contributed by atoms with Crippen LogP contribution in [0, 0.1) is 23.7 Å². The predicted molar refractivity (Wildman–Crippen MR) is 98.7 cm³/mol. The van der Waals surface area contributed by atoms with Gasteiger partial charge in [-0.3, -0.25) is 0 Å². The molecule has 3 aliphatic rings. The van der Waals surface area contributed by atoms with Crippen LogP contribution in [0.3, 0.4) is 0 Å². The first-order valence-electron chi connectivity index (χ1n) is 10.2. The van der Waals surface area contributed by atoms with Crippen LogP contribution >= 0.6 is 0 Å². The highest BCUT2D eigenvalue weighted by Gasteiger charge is 2.50. The van der Waals surface area contributed by atoms with E-state index in [2.05, 4.69) is 19.9 Å². The number of rotatable bonds is 4. The zero-order valence-corrected chi connectivity index (χ0v) is 15.5. The molecule has 0 bridgehead atoms. The first-order chi connectivity index (χ1) is 12.0. The lowest BCUT2D eigenvalue weighted by Gasteiger charge is -2.49. The Morgan fingerprint density at radius 2 is 1.96 bits per heavy atom. The molecule has 0 heterocycles. The molecule has 3 nitrogen and oxygen atoms in total. The predicted octanol–water partition coefficient (Wildman–Crippen LogP) is 4.26. The Bertz CT molecular complexity index is 611. The fraction of sp³-hybridized carbons (Fsp3) is 0.727. The first kappa shape index (κ1) is 17.4. The number of hydrogen-bond donors (Lipinski definition) is 2. The minimum Gasteiger partial charge on any atom is -0.508 e. The summed E-state index contributed by atoms with van der Waals surface area (Å²) in [6.45, 7) is 5.00. The van der Waals surface area contributed by atoms with Crippen LogP contribution in [-0.4, -0.2) is 29.0 Å². The van der Waals surface area contributed by atoms with Gasteiger partial charge in [0.15, 0.2) is 0 Å². The summed E-state index contributed by atoms with van der Waals surface area (Å²) in [5.41, 5.74) is 2.80. The monoisotopic (exact) mass is 344 g/mol. The number of fused-ring (bicyclic) bond motifs is 5. The standard InChI is InChI=1S/C22H32O3/c1-13(2)25-10-9-15-12-20-18(7-8-21(20)24)19-5-3-14-11-16(23)4-6-17(14)22(15)19/h4,6,11,13,15,18-24H,3,5,7-10,12H2,1-2H3/t15-,18?,19?,20?,21-,22?/m0/s1. The number of ether oxygens (including phenoxy) is 1. The van der Waals surface area contributed by atoms with Crippen LogP contribution in [0.5, 0.6) is 5.75 Å². The molecule has 138 valence electrons. The molecule has 1 aromatic carbocycles. The maximum Gasteiger partial charge on any atom is 0.115 e. The van der Waals surface area contributed by atoms with Crippen molar-refractivity contribution in [1.29, 1.82) is 0 Å². The molecule has 3 heteroatoms. The van der Waals surface area contributed by atoms with Crippen LogP contribution in [0.4, 0.5) is 0 Å². The fourth-order valence-corrected chi connectivity index (χ4v) is 6.14. The SMILES string of the molecule is CC(C)OCC[C@H]1CC2C(CC[C@@H]2O)C2CCc3cc(O)ccc3C21. The molecule has 0 radical (unpaired) electrons. The molecule has 0 spiro atoms. The average molecular weight is 344 g/mol. The van der Waals surface area contributed by atoms with E-state index in [0.717, 1.165) is 32.3 Å². The van der Waals surface area contributed by atoms with Gasteiger partial charge in [-0.25, -0.2) is 0 Å². The Morgan fingerprint density at radius 1 is 1.12 bits per heavy atom. The van der Waals surface area contributed by atoms with Crippen molar-refractivity contribution in [2.75, 3.05) is 6.61 Å². The van der Waals surface area contributed by atoms with Crippen molar-refractivity contribution in [2.24, 2.45) is 23.7 Å². The van der Waals surface area contributed by atoms with Crippen molar-refractivity contribution in [3.63, 3.8) is 0 Å². The molecule has 4 unspecified atom stereocenters. The third kappa shape index (κ3) is 3.21. The van der Waals surface area contributed by atoms with E-state index in [0.29, 0.717) is 35.3 Å². The highest BCUT2D eigenvalue weighted by atomic mass is 16.5. The van der Waals surface area contributed by atoms with E-state index in [1.54, 1.807) is 0 Å². The van der Waals surface area contributed by atoms with Gasteiger partial charge in [0, 0.05) is 6.61 Å². The molecule has 2 saturated carbocycles. The normalized spacial score (nSPS) is 36.8. The quantitative estimate of drug-likeness (QED) is 0.858. The van der Waals surface area contributed by atoms with Crippen LogP contribution in [0.25, 0.3) is 0 Å². The summed E-state index contributed by atoms with van der Waals surface area (Å²) in [5, 5.41) is 20.4. The maximum absolute atomic E-state index is 10.5. The fourth-order valence-electron chi connectivity index (χ4n) is 6.14. The number of aliphatic hydroxyl groups excluding tert-OH is 1. The van der Waals surface area contributed by atoms with E-state index in [4.69, 9.17) is 4.74 Å². The van der Waals surface area contributed by atoms with Gasteiger partial charge in [0.2, 0.25) is 0 Å². The van der Waals surface area contributed by atoms with Gasteiger partial charge in [0.25, 0.3) is 0 Å². The third-order valence-electron chi connectivity index (χ3n) is 7.11. The molecule has 0 saturated heterocycles. The summed E-state index contributed by atoms with van der Waals surface area (Å²) < 4.78 is 5.87. The largest absolute Gasteiger partial charge is 0.508 e. The van der Waals surface area contributed by atoms with E-state index in [1.165, 1.54) is 24.0 Å². The van der Waals surface area contributed by atoms with Crippen LogP contribution in [0.1, 0.15) is 63.0 Å². The average Bonchev–Trinajstić information content (AvgIpc) is 2.95. The number of phenolic OH excluding ortho intramolecular Hbond substituents is 1. The molecule has 0 aliphatic heterocycles. The molecule has 25 heavy (non-hydrogen) atoms. The highest BCUT2D eigenvalue weighted by molar-refractivity contribution is 5.40.